The van der Waals surface area contributed by atoms with Gasteiger partial charge in [-0.25, -0.2) is 4.79 Å². The van der Waals surface area contributed by atoms with Crippen molar-refractivity contribution >= 4 is 17.7 Å². The Morgan fingerprint density at radius 1 is 1.16 bits per heavy atom. The van der Waals surface area contributed by atoms with Crippen LogP contribution in [0, 0.1) is 28.6 Å². The summed E-state index contributed by atoms with van der Waals surface area (Å²) in [5.41, 5.74) is 2.03. The molecule has 3 saturated carbocycles. The number of carbonyl (C=O) groups excluding carboxylic acids is 2. The maximum absolute atomic E-state index is 11.5. The fourth-order valence-electron chi connectivity index (χ4n) is 7.00. The summed E-state index contributed by atoms with van der Waals surface area (Å²) in [5.74, 6) is 0.211. The Balaban J connectivity index is 1.69. The maximum Gasteiger partial charge on any atom is 0.346 e. The molecule has 31 heavy (non-hydrogen) atoms. The molecule has 0 bridgehead atoms. The Morgan fingerprint density at radius 3 is 2.65 bits per heavy atom. The molecule has 172 valence electrons. The fourth-order valence-corrected chi connectivity index (χ4v) is 7.00. The van der Waals surface area contributed by atoms with E-state index >= 15 is 0 Å². The van der Waals surface area contributed by atoms with Crippen molar-refractivity contribution in [3.05, 3.63) is 11.6 Å². The number of allylic oxidation sites excluding steroid dienone is 1. The summed E-state index contributed by atoms with van der Waals surface area (Å²) in [4.78, 5) is 28.4. The van der Waals surface area contributed by atoms with Gasteiger partial charge in [0.1, 0.15) is 6.10 Å². The third-order valence-corrected chi connectivity index (χ3v) is 8.78. The first-order chi connectivity index (χ1) is 14.7. The fraction of sp³-hybridized carbons (Fsp3) is 0.792. The van der Waals surface area contributed by atoms with Gasteiger partial charge >= 0.3 is 11.9 Å². The zero-order valence-corrected chi connectivity index (χ0v) is 19.1. The molecule has 0 saturated heterocycles. The number of esters is 2. The van der Waals surface area contributed by atoms with E-state index in [1.807, 2.05) is 0 Å². The molecule has 7 heteroatoms. The van der Waals surface area contributed by atoms with E-state index in [1.165, 1.54) is 19.6 Å². The molecular formula is C24H35NO6. The standard InChI is InChI=1S/C24H35NO6/c1-14(26)31-16-7-9-23(2)15(11-16)12-19(25-30-13-21(28)29-4)22-17-5-6-20(27)24(17,3)10-8-18(22)23/h12,16-18,20,22,27H,5-11,13H2,1-4H3/b25-19-/t16-,17?,18?,20-,22?,23-,24-/m0/s1. The zero-order valence-electron chi connectivity index (χ0n) is 19.1. The molecule has 0 aromatic heterocycles. The zero-order chi connectivity index (χ0) is 22.4. The molecule has 7 nitrogen and oxygen atoms in total. The van der Waals surface area contributed by atoms with Crippen LogP contribution in [0.25, 0.3) is 0 Å². The first-order valence-electron chi connectivity index (χ1n) is 11.5. The van der Waals surface area contributed by atoms with Crippen LogP contribution in [0.1, 0.15) is 65.7 Å². The number of aliphatic hydroxyl groups excluding tert-OH is 1. The summed E-state index contributed by atoms with van der Waals surface area (Å²) in [5, 5.41) is 15.2. The number of rotatable bonds is 4. The average Bonchev–Trinajstić information content (AvgIpc) is 3.03. The van der Waals surface area contributed by atoms with Gasteiger partial charge in [0.2, 0.25) is 6.61 Å². The van der Waals surface area contributed by atoms with E-state index in [4.69, 9.17) is 9.57 Å². The SMILES string of the molecule is COC(=O)CO/N=C1/C=C2C[C@@H](OC(C)=O)CC[C@]2(C)C2CC[C@@]3(C)C(CC[C@@H]3O)C12. The van der Waals surface area contributed by atoms with Gasteiger partial charge in [0.15, 0.2) is 0 Å². The molecular weight excluding hydrogens is 398 g/mol. The van der Waals surface area contributed by atoms with Gasteiger partial charge in [-0.3, -0.25) is 4.79 Å². The van der Waals surface area contributed by atoms with E-state index in [2.05, 4.69) is 29.8 Å². The molecule has 3 unspecified atom stereocenters. The van der Waals surface area contributed by atoms with Crippen LogP contribution in [0.3, 0.4) is 0 Å². The molecule has 3 fully saturated rings. The topological polar surface area (TPSA) is 94.4 Å². The number of methoxy groups -OCH3 is 1. The predicted octanol–water partition coefficient (Wildman–Crippen LogP) is 3.40. The summed E-state index contributed by atoms with van der Waals surface area (Å²) in [6, 6.07) is 0. The Kier molecular flexibility index (Phi) is 5.92. The average molecular weight is 434 g/mol. The number of hydrogen-bond donors (Lipinski definition) is 1. The quantitative estimate of drug-likeness (QED) is 0.539. The minimum Gasteiger partial charge on any atom is -0.466 e. The van der Waals surface area contributed by atoms with Gasteiger partial charge in [0.25, 0.3) is 0 Å². The Labute approximate surface area is 184 Å². The Morgan fingerprint density at radius 2 is 1.94 bits per heavy atom. The van der Waals surface area contributed by atoms with Crippen LogP contribution < -0.4 is 0 Å². The molecule has 7 atom stereocenters. The summed E-state index contributed by atoms with van der Waals surface area (Å²) >= 11 is 0. The minimum absolute atomic E-state index is 0.0254. The van der Waals surface area contributed by atoms with Gasteiger partial charge < -0.3 is 19.4 Å². The van der Waals surface area contributed by atoms with E-state index in [1.54, 1.807) is 0 Å². The lowest BCUT2D eigenvalue weighted by molar-refractivity contribution is -0.148. The Hall–Kier alpha value is -1.89. The van der Waals surface area contributed by atoms with Gasteiger partial charge in [-0.2, -0.15) is 0 Å². The van der Waals surface area contributed by atoms with Gasteiger partial charge in [-0.15, -0.1) is 0 Å². The Bertz CT molecular complexity index is 806. The second-order valence-corrected chi connectivity index (χ2v) is 10.3. The van der Waals surface area contributed by atoms with E-state index in [-0.39, 0.29) is 41.5 Å². The van der Waals surface area contributed by atoms with Gasteiger partial charge in [-0.1, -0.05) is 24.6 Å². The first kappa shape index (κ1) is 22.3. The molecule has 0 radical (unpaired) electrons. The van der Waals surface area contributed by atoms with Crippen LogP contribution >= 0.6 is 0 Å². The number of fused-ring (bicyclic) bond motifs is 5. The molecule has 4 aliphatic rings. The molecule has 1 N–H and O–H groups in total. The molecule has 0 amide bonds. The molecule has 4 aliphatic carbocycles. The number of aliphatic hydroxyl groups is 1. The molecule has 0 spiro atoms. The van der Waals surface area contributed by atoms with Crippen molar-refractivity contribution in [3.63, 3.8) is 0 Å². The smallest absolute Gasteiger partial charge is 0.346 e. The van der Waals surface area contributed by atoms with Crippen molar-refractivity contribution in [2.75, 3.05) is 13.7 Å². The third kappa shape index (κ3) is 3.79. The van der Waals surface area contributed by atoms with Crippen molar-refractivity contribution in [1.82, 2.24) is 0 Å². The van der Waals surface area contributed by atoms with Crippen LogP contribution in [0.4, 0.5) is 0 Å². The number of carbonyl (C=O) groups is 2. The van der Waals surface area contributed by atoms with E-state index in [0.717, 1.165) is 44.2 Å². The highest BCUT2D eigenvalue weighted by Crippen LogP contribution is 2.64. The first-order valence-corrected chi connectivity index (χ1v) is 11.5. The third-order valence-electron chi connectivity index (χ3n) is 8.78. The summed E-state index contributed by atoms with van der Waals surface area (Å²) in [6.45, 7) is 5.80. The van der Waals surface area contributed by atoms with Gasteiger partial charge in [0, 0.05) is 19.3 Å². The lowest BCUT2D eigenvalue weighted by atomic mass is 9.47. The van der Waals surface area contributed by atoms with E-state index in [0.29, 0.717) is 18.3 Å². The summed E-state index contributed by atoms with van der Waals surface area (Å²) in [6.07, 6.45) is 8.12. The van der Waals surface area contributed by atoms with Crippen molar-refractivity contribution < 1.29 is 29.0 Å². The van der Waals surface area contributed by atoms with Crippen LogP contribution in [-0.4, -0.2) is 48.7 Å². The second-order valence-electron chi connectivity index (χ2n) is 10.3. The number of ether oxygens (including phenoxy) is 2. The van der Waals surface area contributed by atoms with Crippen molar-refractivity contribution in [1.29, 1.82) is 0 Å². The highest BCUT2D eigenvalue weighted by atomic mass is 16.6. The highest BCUT2D eigenvalue weighted by Gasteiger charge is 2.60. The van der Waals surface area contributed by atoms with Crippen LogP contribution in [-0.2, 0) is 23.9 Å². The van der Waals surface area contributed by atoms with Gasteiger partial charge in [0.05, 0.1) is 18.9 Å². The van der Waals surface area contributed by atoms with Gasteiger partial charge in [-0.05, 0) is 67.3 Å². The number of nitrogens with zero attached hydrogens (tertiary/aromatic N) is 1. The number of hydrogen-bond acceptors (Lipinski definition) is 7. The molecule has 4 rings (SSSR count). The van der Waals surface area contributed by atoms with Crippen LogP contribution in [0.15, 0.2) is 16.8 Å². The van der Waals surface area contributed by atoms with Crippen molar-refractivity contribution in [3.8, 4) is 0 Å². The lowest BCUT2D eigenvalue weighted by Crippen LogP contribution is -2.54. The molecule has 0 heterocycles. The molecule has 0 aliphatic heterocycles. The lowest BCUT2D eigenvalue weighted by Gasteiger charge is -2.57. The van der Waals surface area contributed by atoms with Crippen molar-refractivity contribution in [2.45, 2.75) is 77.9 Å². The monoisotopic (exact) mass is 433 g/mol. The van der Waals surface area contributed by atoms with Crippen LogP contribution in [0.2, 0.25) is 0 Å². The predicted molar refractivity (Wildman–Crippen MR) is 114 cm³/mol. The van der Waals surface area contributed by atoms with E-state index in [9.17, 15) is 14.7 Å². The molecule has 0 aromatic rings. The van der Waals surface area contributed by atoms with E-state index < -0.39 is 5.97 Å². The maximum atomic E-state index is 11.5. The summed E-state index contributed by atoms with van der Waals surface area (Å²) in [7, 11) is 1.33. The normalized spacial score (nSPS) is 42.7. The number of oxime groups is 1. The second kappa shape index (κ2) is 8.23. The largest absolute Gasteiger partial charge is 0.466 e. The highest BCUT2D eigenvalue weighted by molar-refractivity contribution is 5.99. The molecule has 0 aromatic carbocycles. The van der Waals surface area contributed by atoms with Crippen LogP contribution in [0.5, 0.6) is 0 Å². The minimum atomic E-state index is -0.466. The van der Waals surface area contributed by atoms with Crippen molar-refractivity contribution in [2.24, 2.45) is 33.7 Å². The summed E-state index contributed by atoms with van der Waals surface area (Å²) < 4.78 is 10.2.